The predicted octanol–water partition coefficient (Wildman–Crippen LogP) is 16.4. The molecule has 0 saturated heterocycles. The molecule has 1 aromatic heterocycles. The van der Waals surface area contributed by atoms with E-state index in [1.165, 1.54) is 38.5 Å². The Morgan fingerprint density at radius 1 is 0.526 bits per heavy atom. The van der Waals surface area contributed by atoms with E-state index in [0.29, 0.717) is 23.2 Å². The lowest BCUT2D eigenvalue weighted by Crippen LogP contribution is -2.01. The summed E-state index contributed by atoms with van der Waals surface area (Å²) < 4.78 is 39.5. The second-order valence-corrected chi connectivity index (χ2v) is 15.6. The van der Waals surface area contributed by atoms with Crippen LogP contribution in [0.3, 0.4) is 0 Å². The molecular weight excluding hydrogens is 731 g/mol. The molecule has 6 aromatic rings. The summed E-state index contributed by atoms with van der Waals surface area (Å²) in [5.41, 5.74) is 8.71. The van der Waals surface area contributed by atoms with Crippen LogP contribution in [0.2, 0.25) is 0 Å². The largest absolute Gasteiger partial charge is 0.205 e. The Morgan fingerprint density at radius 3 is 1.61 bits per heavy atom. The average molecular weight is 785 g/mol. The summed E-state index contributed by atoms with van der Waals surface area (Å²) in [6.07, 6.45) is 13.5. The van der Waals surface area contributed by atoms with Crippen LogP contribution < -0.4 is 0 Å². The van der Waals surface area contributed by atoms with Crippen LogP contribution in [0.5, 0.6) is 0 Å². The highest BCUT2D eigenvalue weighted by Gasteiger charge is 2.16. The smallest absolute Gasteiger partial charge is 0.150 e. The third-order valence-electron chi connectivity index (χ3n) is 11.1. The Kier molecular flexibility index (Phi) is 15.3. The van der Waals surface area contributed by atoms with Gasteiger partial charge in [0.25, 0.3) is 0 Å². The van der Waals surface area contributed by atoms with Gasteiger partial charge in [-0.25, -0.2) is 8.78 Å². The number of halogens is 2. The van der Waals surface area contributed by atoms with E-state index >= 15 is 4.39 Å². The molecule has 0 aliphatic heterocycles. The van der Waals surface area contributed by atoms with Gasteiger partial charge in [-0.2, -0.15) is 13.9 Å². The zero-order valence-electron chi connectivity index (χ0n) is 33.7. The molecule has 6 nitrogen and oxygen atoms in total. The van der Waals surface area contributed by atoms with Crippen molar-refractivity contribution >= 4 is 45.5 Å². The van der Waals surface area contributed by atoms with Crippen molar-refractivity contribution in [3.05, 3.63) is 120 Å². The number of azo groups is 2. The van der Waals surface area contributed by atoms with Crippen molar-refractivity contribution in [3.63, 3.8) is 0 Å². The molecule has 0 aliphatic rings. The minimum atomic E-state index is -0.368. The first-order valence-electron chi connectivity index (χ1n) is 20.8. The van der Waals surface area contributed by atoms with Gasteiger partial charge in [0.15, 0.2) is 11.6 Å². The van der Waals surface area contributed by atoms with Crippen molar-refractivity contribution in [1.82, 2.24) is 8.75 Å². The average Bonchev–Trinajstić information content (AvgIpc) is 3.74. The van der Waals surface area contributed by atoms with Crippen LogP contribution in [0.15, 0.2) is 118 Å². The lowest BCUT2D eigenvalue weighted by Gasteiger charge is -2.14. The van der Waals surface area contributed by atoms with E-state index in [1.807, 2.05) is 72.8 Å². The van der Waals surface area contributed by atoms with E-state index in [9.17, 15) is 4.39 Å². The fourth-order valence-corrected chi connectivity index (χ4v) is 8.01. The highest BCUT2D eigenvalue weighted by atomic mass is 32.1. The van der Waals surface area contributed by atoms with Crippen molar-refractivity contribution in [2.24, 2.45) is 32.3 Å². The Hall–Kier alpha value is -5.02. The summed E-state index contributed by atoms with van der Waals surface area (Å²) in [6, 6.07) is 29.9. The molecular formula is C48H54F2N6S. The molecule has 5 aromatic carbocycles. The molecule has 0 radical (unpaired) electrons. The van der Waals surface area contributed by atoms with E-state index < -0.39 is 0 Å². The molecule has 0 spiro atoms. The molecule has 0 bridgehead atoms. The van der Waals surface area contributed by atoms with E-state index in [4.69, 9.17) is 0 Å². The number of hydrogen-bond donors (Lipinski definition) is 0. The topological polar surface area (TPSA) is 75.2 Å². The number of rotatable bonds is 20. The summed E-state index contributed by atoms with van der Waals surface area (Å²) >= 11 is 1.15. The lowest BCUT2D eigenvalue weighted by atomic mass is 9.92. The van der Waals surface area contributed by atoms with Gasteiger partial charge in [0, 0.05) is 16.7 Å². The number of benzene rings is 5. The first-order valence-corrected chi connectivity index (χ1v) is 21.5. The maximum Gasteiger partial charge on any atom is 0.150 e. The summed E-state index contributed by atoms with van der Waals surface area (Å²) in [7, 11) is 0. The van der Waals surface area contributed by atoms with Crippen molar-refractivity contribution in [1.29, 1.82) is 0 Å². The van der Waals surface area contributed by atoms with E-state index in [1.54, 1.807) is 24.3 Å². The molecule has 0 saturated carbocycles. The molecule has 1 heterocycles. The van der Waals surface area contributed by atoms with Gasteiger partial charge in [-0.1, -0.05) is 134 Å². The molecule has 57 heavy (non-hydrogen) atoms. The van der Waals surface area contributed by atoms with Crippen LogP contribution in [-0.2, 0) is 12.8 Å². The minimum Gasteiger partial charge on any atom is -0.205 e. The summed E-state index contributed by atoms with van der Waals surface area (Å²) in [5, 5.41) is 17.4. The normalized spacial score (nSPS) is 12.9. The number of hydrogen-bond acceptors (Lipinski definition) is 7. The van der Waals surface area contributed by atoms with Crippen LogP contribution in [-0.4, -0.2) is 8.75 Å². The molecule has 2 atom stereocenters. The van der Waals surface area contributed by atoms with E-state index in [-0.39, 0.29) is 23.0 Å². The van der Waals surface area contributed by atoms with Crippen molar-refractivity contribution < 1.29 is 8.78 Å². The molecule has 0 amide bonds. The van der Waals surface area contributed by atoms with Crippen LogP contribution in [0, 0.1) is 23.5 Å². The Labute approximate surface area is 340 Å². The zero-order chi connectivity index (χ0) is 40.0. The lowest BCUT2D eigenvalue weighted by molar-refractivity contribution is 0.421. The number of aromatic nitrogens is 2. The number of fused-ring (bicyclic) bond motifs is 1. The fourth-order valence-electron chi connectivity index (χ4n) is 7.44. The van der Waals surface area contributed by atoms with Crippen LogP contribution in [0.4, 0.5) is 31.5 Å². The van der Waals surface area contributed by atoms with Crippen molar-refractivity contribution in [3.8, 4) is 22.3 Å². The van der Waals surface area contributed by atoms with Crippen LogP contribution in [0.25, 0.3) is 33.3 Å². The number of aryl methyl sites for hydroxylation is 2. The Morgan fingerprint density at radius 2 is 1.05 bits per heavy atom. The second kappa shape index (κ2) is 20.9. The van der Waals surface area contributed by atoms with Gasteiger partial charge in [-0.15, -0.1) is 15.3 Å². The van der Waals surface area contributed by atoms with Gasteiger partial charge in [0.05, 0.1) is 23.1 Å². The molecule has 296 valence electrons. The number of nitrogens with zero attached hydrogens (tertiary/aromatic N) is 6. The van der Waals surface area contributed by atoms with Crippen LogP contribution in [0.1, 0.15) is 103 Å². The van der Waals surface area contributed by atoms with Crippen molar-refractivity contribution in [2.75, 3.05) is 0 Å². The summed E-state index contributed by atoms with van der Waals surface area (Å²) in [4.78, 5) is 0. The minimum absolute atomic E-state index is 0.210. The third-order valence-corrected chi connectivity index (χ3v) is 11.6. The molecule has 6 rings (SSSR count). The fraction of sp³-hybridized carbons (Fsp3) is 0.375. The zero-order valence-corrected chi connectivity index (χ0v) is 34.5. The van der Waals surface area contributed by atoms with Gasteiger partial charge >= 0.3 is 0 Å². The SMILES string of the molecule is CCCCC(CC)CCc1ccc(N=Nc2ccc(-c3ccc(-c4ccccc4N=Nc4ccc(CCC(CC)CCCC)cc4F)c4nsnc34)cc2)c(F)c1. The standard InChI is InChI=1S/C48H54F2N6S/c1-5-9-13-33(7-3)17-19-35-21-29-45(42(49)31-35)53-51-38-25-23-37(24-26-38)39-27-28-41(48-47(39)55-57-56-48)40-15-11-12-16-44(40)52-54-46-30-22-36(32-43(46)50)20-18-34(8-4)14-10-6-2/h11-12,15-16,21-34H,5-10,13-14,17-20H2,1-4H3. The first kappa shape index (κ1) is 41.6. The maximum absolute atomic E-state index is 15.2. The summed E-state index contributed by atoms with van der Waals surface area (Å²) in [5.74, 6) is 0.631. The van der Waals surface area contributed by atoms with Crippen molar-refractivity contribution in [2.45, 2.75) is 105 Å². The predicted molar refractivity (Wildman–Crippen MR) is 233 cm³/mol. The third kappa shape index (κ3) is 11.1. The van der Waals surface area contributed by atoms with Gasteiger partial charge in [-0.05, 0) is 96.7 Å². The highest BCUT2D eigenvalue weighted by Crippen LogP contribution is 2.39. The van der Waals surface area contributed by atoms with E-state index in [0.717, 1.165) is 94.7 Å². The van der Waals surface area contributed by atoms with Gasteiger partial charge < -0.3 is 0 Å². The second-order valence-electron chi connectivity index (χ2n) is 15.1. The highest BCUT2D eigenvalue weighted by molar-refractivity contribution is 7.00. The van der Waals surface area contributed by atoms with Crippen LogP contribution >= 0.6 is 11.7 Å². The Balaban J connectivity index is 1.14. The molecule has 0 fully saturated rings. The van der Waals surface area contributed by atoms with E-state index in [2.05, 4.69) is 56.9 Å². The summed E-state index contributed by atoms with van der Waals surface area (Å²) in [6.45, 7) is 8.92. The van der Waals surface area contributed by atoms with Gasteiger partial charge in [0.2, 0.25) is 0 Å². The Bertz CT molecular complexity index is 2260. The monoisotopic (exact) mass is 784 g/mol. The molecule has 0 aliphatic carbocycles. The quantitative estimate of drug-likeness (QED) is 0.0723. The molecule has 9 heteroatoms. The molecule has 2 unspecified atom stereocenters. The molecule has 0 N–H and O–H groups in total. The number of unbranched alkanes of at least 4 members (excludes halogenated alkanes) is 2. The van der Waals surface area contributed by atoms with Gasteiger partial charge in [-0.3, -0.25) is 0 Å². The van der Waals surface area contributed by atoms with Gasteiger partial charge in [0.1, 0.15) is 22.4 Å². The maximum atomic E-state index is 15.2. The first-order chi connectivity index (χ1) is 27.9.